The number of benzene rings is 1. The number of aromatic hydroxyl groups is 1. The van der Waals surface area contributed by atoms with Gasteiger partial charge in [-0.05, 0) is 62.4 Å². The number of likely N-dealkylation sites (tertiary alicyclic amines) is 1. The van der Waals surface area contributed by atoms with Crippen molar-refractivity contribution in [1.82, 2.24) is 4.90 Å². The summed E-state index contributed by atoms with van der Waals surface area (Å²) in [6.07, 6.45) is 5.01. The molecule has 0 radical (unpaired) electrons. The summed E-state index contributed by atoms with van der Waals surface area (Å²) in [6, 6.07) is 7.63. The van der Waals surface area contributed by atoms with Crippen LogP contribution < -0.4 is 0 Å². The first-order chi connectivity index (χ1) is 8.24. The van der Waals surface area contributed by atoms with Crippen LogP contribution in [0.1, 0.15) is 31.7 Å². The fourth-order valence-electron chi connectivity index (χ4n) is 2.71. The molecule has 17 heavy (non-hydrogen) atoms. The zero-order valence-corrected chi connectivity index (χ0v) is 10.7. The van der Waals surface area contributed by atoms with E-state index in [1.165, 1.54) is 44.5 Å². The van der Waals surface area contributed by atoms with Gasteiger partial charge in [-0.3, -0.25) is 0 Å². The van der Waals surface area contributed by atoms with Gasteiger partial charge in [-0.15, -0.1) is 0 Å². The zero-order valence-electron chi connectivity index (χ0n) is 10.7. The molecule has 2 nitrogen and oxygen atoms in total. The number of phenols is 1. The Kier molecular flexibility index (Phi) is 4.43. The number of hydrogen-bond acceptors (Lipinski definition) is 2. The first-order valence-corrected chi connectivity index (χ1v) is 6.74. The molecule has 1 fully saturated rings. The molecule has 1 N–H and O–H groups in total. The lowest BCUT2D eigenvalue weighted by molar-refractivity contribution is 0.182. The van der Waals surface area contributed by atoms with Crippen molar-refractivity contribution in [3.63, 3.8) is 0 Å². The Labute approximate surface area is 104 Å². The van der Waals surface area contributed by atoms with Crippen molar-refractivity contribution in [3.05, 3.63) is 29.8 Å². The molecule has 0 saturated carbocycles. The van der Waals surface area contributed by atoms with E-state index in [0.29, 0.717) is 5.75 Å². The fraction of sp³-hybridized carbons (Fsp3) is 0.600. The van der Waals surface area contributed by atoms with Crippen LogP contribution in [0.25, 0.3) is 0 Å². The van der Waals surface area contributed by atoms with E-state index in [2.05, 4.69) is 17.9 Å². The predicted octanol–water partition coefficient (Wildman–Crippen LogP) is 3.06. The van der Waals surface area contributed by atoms with E-state index in [0.717, 1.165) is 12.3 Å². The molecule has 1 heterocycles. The van der Waals surface area contributed by atoms with Gasteiger partial charge in [0.2, 0.25) is 0 Å². The fourth-order valence-corrected chi connectivity index (χ4v) is 2.71. The molecule has 1 unspecified atom stereocenters. The molecule has 2 rings (SSSR count). The Morgan fingerprint density at radius 2 is 2.29 bits per heavy atom. The Morgan fingerprint density at radius 3 is 3.06 bits per heavy atom. The average molecular weight is 233 g/mol. The molecule has 1 aromatic carbocycles. The van der Waals surface area contributed by atoms with Gasteiger partial charge in [0.15, 0.2) is 0 Å². The minimum Gasteiger partial charge on any atom is -0.508 e. The second-order valence-corrected chi connectivity index (χ2v) is 5.32. The second kappa shape index (κ2) is 6.06. The summed E-state index contributed by atoms with van der Waals surface area (Å²) in [5.74, 6) is 1.25. The van der Waals surface area contributed by atoms with Crippen molar-refractivity contribution >= 4 is 0 Å². The Morgan fingerprint density at radius 1 is 1.41 bits per heavy atom. The van der Waals surface area contributed by atoms with Gasteiger partial charge in [0.05, 0.1) is 0 Å². The molecule has 0 aliphatic carbocycles. The standard InChI is InChI=1S/C15H23NO/c1-13-5-3-9-16(12-13)10-4-7-14-6-2-8-15(17)11-14/h2,6,8,11,13,17H,3-5,7,9-10,12H2,1H3. The number of rotatable bonds is 4. The molecule has 1 atom stereocenters. The van der Waals surface area contributed by atoms with Crippen LogP contribution in [0.2, 0.25) is 0 Å². The van der Waals surface area contributed by atoms with Gasteiger partial charge in [-0.1, -0.05) is 19.1 Å². The number of hydrogen-bond donors (Lipinski definition) is 1. The molecular formula is C15H23NO. The summed E-state index contributed by atoms with van der Waals surface area (Å²) < 4.78 is 0. The third-order valence-electron chi connectivity index (χ3n) is 3.59. The number of nitrogens with zero attached hydrogens (tertiary/aromatic N) is 1. The maximum atomic E-state index is 9.39. The predicted molar refractivity (Wildman–Crippen MR) is 71.3 cm³/mol. The van der Waals surface area contributed by atoms with E-state index in [1.54, 1.807) is 6.07 Å². The maximum Gasteiger partial charge on any atom is 0.115 e. The van der Waals surface area contributed by atoms with E-state index in [4.69, 9.17) is 0 Å². The van der Waals surface area contributed by atoms with Crippen LogP contribution in [0.15, 0.2) is 24.3 Å². The molecule has 0 bridgehead atoms. The van der Waals surface area contributed by atoms with Crippen LogP contribution in [0, 0.1) is 5.92 Å². The average Bonchev–Trinajstić information content (AvgIpc) is 2.29. The Bertz CT molecular complexity index is 351. The van der Waals surface area contributed by atoms with Crippen molar-refractivity contribution < 1.29 is 5.11 Å². The summed E-state index contributed by atoms with van der Waals surface area (Å²) >= 11 is 0. The molecule has 0 spiro atoms. The van der Waals surface area contributed by atoms with Gasteiger partial charge in [0.1, 0.15) is 5.75 Å². The van der Waals surface area contributed by atoms with Gasteiger partial charge < -0.3 is 10.0 Å². The summed E-state index contributed by atoms with van der Waals surface area (Å²) in [4.78, 5) is 2.58. The van der Waals surface area contributed by atoms with Crippen LogP contribution in [0.4, 0.5) is 0 Å². The molecule has 2 heteroatoms. The van der Waals surface area contributed by atoms with E-state index in [-0.39, 0.29) is 0 Å². The normalized spacial score (nSPS) is 21.6. The highest BCUT2D eigenvalue weighted by Crippen LogP contribution is 2.17. The molecule has 1 aliphatic heterocycles. The molecule has 0 aromatic heterocycles. The van der Waals surface area contributed by atoms with Gasteiger partial charge in [0, 0.05) is 6.54 Å². The van der Waals surface area contributed by atoms with Crippen molar-refractivity contribution in [2.45, 2.75) is 32.6 Å². The summed E-state index contributed by atoms with van der Waals surface area (Å²) in [6.45, 7) is 6.08. The number of aryl methyl sites for hydroxylation is 1. The number of phenolic OH excluding ortho intramolecular Hbond substituents is 1. The largest absolute Gasteiger partial charge is 0.508 e. The van der Waals surface area contributed by atoms with Crippen LogP contribution in [0.3, 0.4) is 0 Å². The zero-order chi connectivity index (χ0) is 12.1. The van der Waals surface area contributed by atoms with Crippen molar-refractivity contribution in [2.75, 3.05) is 19.6 Å². The topological polar surface area (TPSA) is 23.5 Å². The molecule has 1 aromatic rings. The maximum absolute atomic E-state index is 9.39. The van der Waals surface area contributed by atoms with E-state index >= 15 is 0 Å². The van der Waals surface area contributed by atoms with Crippen LogP contribution in [-0.2, 0) is 6.42 Å². The third-order valence-corrected chi connectivity index (χ3v) is 3.59. The van der Waals surface area contributed by atoms with E-state index in [9.17, 15) is 5.11 Å². The second-order valence-electron chi connectivity index (χ2n) is 5.32. The minimum atomic E-state index is 0.383. The molecule has 94 valence electrons. The van der Waals surface area contributed by atoms with Crippen LogP contribution in [-0.4, -0.2) is 29.6 Å². The monoisotopic (exact) mass is 233 g/mol. The lowest BCUT2D eigenvalue weighted by Crippen LogP contribution is -2.35. The number of piperidine rings is 1. The molecule has 0 amide bonds. The molecule has 1 saturated heterocycles. The summed E-state index contributed by atoms with van der Waals surface area (Å²) in [5.41, 5.74) is 1.25. The third kappa shape index (κ3) is 4.04. The van der Waals surface area contributed by atoms with Gasteiger partial charge >= 0.3 is 0 Å². The highest BCUT2D eigenvalue weighted by Gasteiger charge is 2.15. The van der Waals surface area contributed by atoms with Crippen molar-refractivity contribution in [3.8, 4) is 5.75 Å². The van der Waals surface area contributed by atoms with Crippen LogP contribution >= 0.6 is 0 Å². The summed E-state index contributed by atoms with van der Waals surface area (Å²) in [5, 5.41) is 9.39. The smallest absolute Gasteiger partial charge is 0.115 e. The Hall–Kier alpha value is -1.02. The highest BCUT2D eigenvalue weighted by atomic mass is 16.3. The Balaban J connectivity index is 1.72. The minimum absolute atomic E-state index is 0.383. The van der Waals surface area contributed by atoms with Crippen molar-refractivity contribution in [2.24, 2.45) is 5.92 Å². The SMILES string of the molecule is CC1CCCN(CCCc2cccc(O)c2)C1. The van der Waals surface area contributed by atoms with Crippen molar-refractivity contribution in [1.29, 1.82) is 0 Å². The van der Waals surface area contributed by atoms with Gasteiger partial charge in [0.25, 0.3) is 0 Å². The highest BCUT2D eigenvalue weighted by molar-refractivity contribution is 5.27. The van der Waals surface area contributed by atoms with E-state index < -0.39 is 0 Å². The molecular weight excluding hydrogens is 210 g/mol. The van der Waals surface area contributed by atoms with Crippen LogP contribution in [0.5, 0.6) is 5.75 Å². The first-order valence-electron chi connectivity index (χ1n) is 6.74. The quantitative estimate of drug-likeness (QED) is 0.864. The van der Waals surface area contributed by atoms with Gasteiger partial charge in [-0.25, -0.2) is 0 Å². The van der Waals surface area contributed by atoms with Gasteiger partial charge in [-0.2, -0.15) is 0 Å². The first kappa shape index (κ1) is 12.4. The lowest BCUT2D eigenvalue weighted by Gasteiger charge is -2.30. The molecule has 1 aliphatic rings. The van der Waals surface area contributed by atoms with E-state index in [1.807, 2.05) is 12.1 Å². The lowest BCUT2D eigenvalue weighted by atomic mass is 10.00. The summed E-state index contributed by atoms with van der Waals surface area (Å²) in [7, 11) is 0.